The van der Waals surface area contributed by atoms with Gasteiger partial charge in [-0.1, -0.05) is 36.4 Å². The maximum Gasteiger partial charge on any atom is 0.228 e. The molecule has 4 aromatic rings. The van der Waals surface area contributed by atoms with Crippen LogP contribution in [0.2, 0.25) is 0 Å². The number of hydrogen-bond acceptors (Lipinski definition) is 4. The summed E-state index contributed by atoms with van der Waals surface area (Å²) in [6.07, 6.45) is 0.905. The number of amides is 1. The molecule has 1 aromatic heterocycles. The van der Waals surface area contributed by atoms with Gasteiger partial charge in [-0.05, 0) is 67.4 Å². The number of hydrogen-bond donors (Lipinski definition) is 1. The Bertz CT molecular complexity index is 1200. The average Bonchev–Trinajstić information content (AvgIpc) is 3.42. The molecule has 4 nitrogen and oxygen atoms in total. The molecule has 1 saturated heterocycles. The van der Waals surface area contributed by atoms with Gasteiger partial charge < -0.3 is 5.32 Å². The number of nitrogens with one attached hydrogen (secondary N) is 1. The van der Waals surface area contributed by atoms with E-state index in [1.807, 2.05) is 30.3 Å². The molecule has 1 aliphatic heterocycles. The predicted molar refractivity (Wildman–Crippen MR) is 128 cm³/mol. The van der Waals surface area contributed by atoms with Crippen LogP contribution in [-0.2, 0) is 11.3 Å². The maximum atomic E-state index is 12.8. The van der Waals surface area contributed by atoms with Crippen LogP contribution in [-0.4, -0.2) is 28.9 Å². The second-order valence-electron chi connectivity index (χ2n) is 8.26. The van der Waals surface area contributed by atoms with E-state index in [0.717, 1.165) is 47.8 Å². The lowest BCUT2D eigenvalue weighted by Gasteiger charge is -2.16. The van der Waals surface area contributed by atoms with Crippen LogP contribution in [0.4, 0.5) is 5.69 Å². The van der Waals surface area contributed by atoms with Crippen molar-refractivity contribution in [3.8, 4) is 10.6 Å². The Balaban J connectivity index is 1.21. The van der Waals surface area contributed by atoms with Crippen molar-refractivity contribution in [3.05, 3.63) is 83.9 Å². The van der Waals surface area contributed by atoms with E-state index in [1.54, 1.807) is 11.3 Å². The minimum Gasteiger partial charge on any atom is -0.326 e. The van der Waals surface area contributed by atoms with E-state index < -0.39 is 0 Å². The number of aromatic nitrogens is 1. The van der Waals surface area contributed by atoms with Crippen molar-refractivity contribution in [3.63, 3.8) is 0 Å². The second-order valence-corrected chi connectivity index (χ2v) is 9.29. The number of carbonyl (C=O) groups excluding carboxylic acids is 1. The lowest BCUT2D eigenvalue weighted by molar-refractivity contribution is -0.119. The molecule has 1 atom stereocenters. The fourth-order valence-corrected chi connectivity index (χ4v) is 5.20. The summed E-state index contributed by atoms with van der Waals surface area (Å²) in [6, 6.07) is 24.8. The highest BCUT2D eigenvalue weighted by Gasteiger charge is 2.28. The number of aryl methyl sites for hydroxylation is 1. The lowest BCUT2D eigenvalue weighted by Crippen LogP contribution is -2.26. The zero-order chi connectivity index (χ0) is 21.2. The van der Waals surface area contributed by atoms with E-state index in [2.05, 4.69) is 59.6 Å². The Morgan fingerprint density at radius 1 is 1.10 bits per heavy atom. The number of thiazole rings is 1. The van der Waals surface area contributed by atoms with Crippen molar-refractivity contribution in [1.29, 1.82) is 0 Å². The highest BCUT2D eigenvalue weighted by atomic mass is 32.1. The number of anilines is 1. The molecule has 5 rings (SSSR count). The number of benzene rings is 3. The van der Waals surface area contributed by atoms with Crippen molar-refractivity contribution < 1.29 is 4.79 Å². The van der Waals surface area contributed by atoms with Gasteiger partial charge in [-0.15, -0.1) is 11.3 Å². The molecule has 1 amide bonds. The van der Waals surface area contributed by atoms with Crippen LogP contribution in [0, 0.1) is 12.8 Å². The quantitative estimate of drug-likeness (QED) is 0.442. The van der Waals surface area contributed by atoms with Crippen molar-refractivity contribution >= 4 is 33.1 Å². The summed E-state index contributed by atoms with van der Waals surface area (Å²) >= 11 is 1.70. The first-order valence-corrected chi connectivity index (χ1v) is 11.5. The SMILES string of the molecule is Cc1ccc2nc(-c3ccc(NC(=O)C4CCN(Cc5ccccc5)C4)cc3)sc2c1. The van der Waals surface area contributed by atoms with E-state index in [-0.39, 0.29) is 11.8 Å². The summed E-state index contributed by atoms with van der Waals surface area (Å²) in [5.41, 5.74) is 5.49. The normalized spacial score (nSPS) is 16.6. The van der Waals surface area contributed by atoms with E-state index in [4.69, 9.17) is 4.98 Å². The van der Waals surface area contributed by atoms with Crippen molar-refractivity contribution in [2.45, 2.75) is 19.9 Å². The fraction of sp³-hybridized carbons (Fsp3) is 0.231. The molecule has 0 radical (unpaired) electrons. The Hall–Kier alpha value is -3.02. The molecule has 0 bridgehead atoms. The molecule has 0 saturated carbocycles. The van der Waals surface area contributed by atoms with Crippen LogP contribution >= 0.6 is 11.3 Å². The van der Waals surface area contributed by atoms with Crippen LogP contribution < -0.4 is 5.32 Å². The van der Waals surface area contributed by atoms with E-state index in [1.165, 1.54) is 15.8 Å². The molecule has 31 heavy (non-hydrogen) atoms. The molecule has 1 unspecified atom stereocenters. The molecule has 3 aromatic carbocycles. The van der Waals surface area contributed by atoms with E-state index >= 15 is 0 Å². The molecule has 2 heterocycles. The standard InChI is InChI=1S/C26H25N3OS/c1-18-7-12-23-24(15-18)31-26(28-23)20-8-10-22(11-9-20)27-25(30)21-13-14-29(17-21)16-19-5-3-2-4-6-19/h2-12,15,21H,13-14,16-17H2,1H3,(H,27,30). The van der Waals surface area contributed by atoms with Gasteiger partial charge in [-0.25, -0.2) is 4.98 Å². The maximum absolute atomic E-state index is 12.8. The number of fused-ring (bicyclic) bond motifs is 1. The van der Waals surface area contributed by atoms with Gasteiger partial charge in [-0.2, -0.15) is 0 Å². The van der Waals surface area contributed by atoms with Gasteiger partial charge in [0.1, 0.15) is 5.01 Å². The van der Waals surface area contributed by atoms with Crippen LogP contribution in [0.3, 0.4) is 0 Å². The topological polar surface area (TPSA) is 45.2 Å². The van der Waals surface area contributed by atoms with Crippen molar-refractivity contribution in [2.75, 3.05) is 18.4 Å². The largest absolute Gasteiger partial charge is 0.326 e. The third-order valence-electron chi connectivity index (χ3n) is 5.84. The predicted octanol–water partition coefficient (Wildman–Crippen LogP) is 5.73. The number of carbonyl (C=O) groups is 1. The van der Waals surface area contributed by atoms with Gasteiger partial charge in [0.2, 0.25) is 5.91 Å². The number of nitrogens with zero attached hydrogens (tertiary/aromatic N) is 2. The van der Waals surface area contributed by atoms with Crippen LogP contribution in [0.5, 0.6) is 0 Å². The molecule has 0 aliphatic carbocycles. The molecular weight excluding hydrogens is 402 g/mol. The summed E-state index contributed by atoms with van der Waals surface area (Å²) in [5.74, 6) is 0.148. The Labute approximate surface area is 186 Å². The molecule has 1 N–H and O–H groups in total. The van der Waals surface area contributed by atoms with Gasteiger partial charge in [0, 0.05) is 24.3 Å². The summed E-state index contributed by atoms with van der Waals surface area (Å²) in [5, 5.41) is 4.10. The Morgan fingerprint density at radius 2 is 1.90 bits per heavy atom. The highest BCUT2D eigenvalue weighted by Crippen LogP contribution is 2.31. The van der Waals surface area contributed by atoms with Gasteiger partial charge in [-0.3, -0.25) is 9.69 Å². The lowest BCUT2D eigenvalue weighted by atomic mass is 10.1. The molecule has 0 spiro atoms. The summed E-state index contributed by atoms with van der Waals surface area (Å²) in [6.45, 7) is 4.77. The molecular formula is C26H25N3OS. The molecule has 5 heteroatoms. The fourth-order valence-electron chi connectivity index (χ4n) is 4.13. The minimum atomic E-state index is 0.0379. The zero-order valence-corrected chi connectivity index (χ0v) is 18.4. The number of rotatable bonds is 5. The number of likely N-dealkylation sites (tertiary alicyclic amines) is 1. The van der Waals surface area contributed by atoms with Gasteiger partial charge in [0.25, 0.3) is 0 Å². The van der Waals surface area contributed by atoms with E-state index in [0.29, 0.717) is 0 Å². The first-order chi connectivity index (χ1) is 15.1. The Morgan fingerprint density at radius 3 is 2.71 bits per heavy atom. The summed E-state index contributed by atoms with van der Waals surface area (Å²) in [7, 11) is 0. The van der Waals surface area contributed by atoms with Crippen LogP contribution in [0.15, 0.2) is 72.8 Å². The third kappa shape index (κ3) is 4.53. The first-order valence-electron chi connectivity index (χ1n) is 10.7. The first kappa shape index (κ1) is 19.9. The smallest absolute Gasteiger partial charge is 0.228 e. The minimum absolute atomic E-state index is 0.0379. The zero-order valence-electron chi connectivity index (χ0n) is 17.5. The second kappa shape index (κ2) is 8.61. The van der Waals surface area contributed by atoms with Crippen LogP contribution in [0.1, 0.15) is 17.5 Å². The molecule has 1 aliphatic rings. The van der Waals surface area contributed by atoms with Crippen molar-refractivity contribution in [1.82, 2.24) is 9.88 Å². The van der Waals surface area contributed by atoms with E-state index in [9.17, 15) is 4.79 Å². The molecule has 1 fully saturated rings. The van der Waals surface area contributed by atoms with Gasteiger partial charge in [0.15, 0.2) is 0 Å². The van der Waals surface area contributed by atoms with Gasteiger partial charge >= 0.3 is 0 Å². The summed E-state index contributed by atoms with van der Waals surface area (Å²) < 4.78 is 1.20. The van der Waals surface area contributed by atoms with Crippen LogP contribution in [0.25, 0.3) is 20.8 Å². The average molecular weight is 428 g/mol. The van der Waals surface area contributed by atoms with Gasteiger partial charge in [0.05, 0.1) is 16.1 Å². The highest BCUT2D eigenvalue weighted by molar-refractivity contribution is 7.21. The van der Waals surface area contributed by atoms with Crippen molar-refractivity contribution in [2.24, 2.45) is 5.92 Å². The third-order valence-corrected chi connectivity index (χ3v) is 6.90. The Kier molecular flexibility index (Phi) is 5.53. The summed E-state index contributed by atoms with van der Waals surface area (Å²) in [4.78, 5) is 19.9. The molecule has 156 valence electrons. The monoisotopic (exact) mass is 427 g/mol.